The molecular weight excluding hydrogens is 192 g/mol. The van der Waals surface area contributed by atoms with E-state index < -0.39 is 0 Å². The number of rotatable bonds is 3. The lowest BCUT2D eigenvalue weighted by molar-refractivity contribution is -0.170. The third-order valence-corrected chi connectivity index (χ3v) is 2.72. The molecule has 0 aromatic rings. The number of amides is 2. The van der Waals surface area contributed by atoms with E-state index in [4.69, 9.17) is 4.84 Å². The monoisotopic (exact) mass is 204 g/mol. The summed E-state index contributed by atoms with van der Waals surface area (Å²) in [5.74, 6) is 0.882. The summed E-state index contributed by atoms with van der Waals surface area (Å²) in [4.78, 5) is 28.6. The quantitative estimate of drug-likeness (QED) is 0.584. The van der Waals surface area contributed by atoms with E-state index in [1.54, 1.807) is 0 Å². The van der Waals surface area contributed by atoms with Crippen LogP contribution in [0, 0.1) is 0 Å². The largest absolute Gasteiger partial charge is 0.323 e. The molecule has 0 saturated carbocycles. The van der Waals surface area contributed by atoms with Crippen LogP contribution in [0.15, 0.2) is 0 Å². The number of likely N-dealkylation sites (N-methyl/N-ethyl adjacent to an activating group) is 1. The molecule has 2 amide bonds. The van der Waals surface area contributed by atoms with Gasteiger partial charge >= 0.3 is 0 Å². The highest BCUT2D eigenvalue weighted by molar-refractivity contribution is 8.00. The number of hydroxylamine groups is 2. The van der Waals surface area contributed by atoms with E-state index in [2.05, 4.69) is 0 Å². The molecule has 1 aliphatic rings. The van der Waals surface area contributed by atoms with Gasteiger partial charge in [0.05, 0.1) is 18.7 Å². The molecule has 1 heterocycles. The second kappa shape index (κ2) is 4.48. The van der Waals surface area contributed by atoms with Crippen molar-refractivity contribution in [3.05, 3.63) is 0 Å². The van der Waals surface area contributed by atoms with Crippen molar-refractivity contribution < 1.29 is 14.4 Å². The summed E-state index contributed by atoms with van der Waals surface area (Å²) >= 11 is 1.52. The predicted octanol–water partition coefficient (Wildman–Crippen LogP) is -0.461. The van der Waals surface area contributed by atoms with Gasteiger partial charge in [0, 0.05) is 7.05 Å². The Bertz CT molecular complexity index is 222. The fraction of sp³-hybridized carbons (Fsp3) is 0.714. The second-order valence-electron chi connectivity index (χ2n) is 2.64. The number of thioether (sulfide) groups is 1. The molecule has 0 atom stereocenters. The van der Waals surface area contributed by atoms with Crippen LogP contribution in [0.2, 0.25) is 0 Å². The van der Waals surface area contributed by atoms with E-state index in [-0.39, 0.29) is 18.4 Å². The molecule has 0 N–H and O–H groups in total. The summed E-state index contributed by atoms with van der Waals surface area (Å²) < 4.78 is 0. The van der Waals surface area contributed by atoms with Crippen molar-refractivity contribution in [1.29, 1.82) is 0 Å². The van der Waals surface area contributed by atoms with Crippen LogP contribution in [0.25, 0.3) is 0 Å². The van der Waals surface area contributed by atoms with Crippen LogP contribution in [-0.4, -0.2) is 54.1 Å². The van der Waals surface area contributed by atoms with Gasteiger partial charge in [-0.3, -0.25) is 14.4 Å². The lowest BCUT2D eigenvalue weighted by atomic mass is 10.5. The molecule has 0 aromatic carbocycles. The van der Waals surface area contributed by atoms with Crippen molar-refractivity contribution in [2.45, 2.75) is 0 Å². The first-order valence-corrected chi connectivity index (χ1v) is 4.97. The van der Waals surface area contributed by atoms with Crippen LogP contribution in [0.3, 0.4) is 0 Å². The van der Waals surface area contributed by atoms with Gasteiger partial charge in [0.1, 0.15) is 6.54 Å². The summed E-state index contributed by atoms with van der Waals surface area (Å²) in [5, 5.41) is 1.12. The maximum atomic E-state index is 11.3. The van der Waals surface area contributed by atoms with E-state index in [0.29, 0.717) is 11.6 Å². The Labute approximate surface area is 81.0 Å². The summed E-state index contributed by atoms with van der Waals surface area (Å²) in [7, 11) is 2.94. The Morgan fingerprint density at radius 3 is 2.92 bits per heavy atom. The highest BCUT2D eigenvalue weighted by atomic mass is 32.2. The van der Waals surface area contributed by atoms with Gasteiger partial charge in [-0.1, -0.05) is 0 Å². The van der Waals surface area contributed by atoms with E-state index in [1.165, 1.54) is 30.8 Å². The minimum atomic E-state index is -0.210. The van der Waals surface area contributed by atoms with Gasteiger partial charge < -0.3 is 4.90 Å². The van der Waals surface area contributed by atoms with Gasteiger partial charge in [-0.25, -0.2) is 5.06 Å². The Hall–Kier alpha value is -0.750. The second-order valence-corrected chi connectivity index (χ2v) is 3.60. The highest BCUT2D eigenvalue weighted by Crippen LogP contribution is 2.14. The molecule has 1 aliphatic heterocycles. The normalized spacial score (nSPS) is 16.5. The summed E-state index contributed by atoms with van der Waals surface area (Å²) in [6.07, 6.45) is 0. The number of carbonyl (C=O) groups excluding carboxylic acids is 2. The van der Waals surface area contributed by atoms with Gasteiger partial charge in [0.25, 0.3) is 5.91 Å². The SMILES string of the molecule is CON(C)C(=O)CN1CSCC1=O. The van der Waals surface area contributed by atoms with Crippen LogP contribution in [0.4, 0.5) is 0 Å². The van der Waals surface area contributed by atoms with Crippen LogP contribution in [0.5, 0.6) is 0 Å². The summed E-state index contributed by atoms with van der Waals surface area (Å²) in [6, 6.07) is 0. The van der Waals surface area contributed by atoms with Crippen molar-refractivity contribution in [3.63, 3.8) is 0 Å². The van der Waals surface area contributed by atoms with Crippen molar-refractivity contribution in [2.24, 2.45) is 0 Å². The molecule has 0 bridgehead atoms. The van der Waals surface area contributed by atoms with E-state index >= 15 is 0 Å². The first-order valence-electron chi connectivity index (χ1n) is 3.81. The van der Waals surface area contributed by atoms with Gasteiger partial charge in [-0.15, -0.1) is 11.8 Å². The standard InChI is InChI=1S/C7H12N2O3S/c1-8(12-2)6(10)3-9-5-13-4-7(9)11/h3-5H2,1-2H3. The Balaban J connectivity index is 2.39. The number of hydrogen-bond acceptors (Lipinski definition) is 4. The van der Waals surface area contributed by atoms with Gasteiger partial charge in [0.2, 0.25) is 5.91 Å². The summed E-state index contributed by atoms with van der Waals surface area (Å²) in [6.45, 7) is 0.107. The predicted molar refractivity (Wildman–Crippen MR) is 48.8 cm³/mol. The molecular formula is C7H12N2O3S. The Morgan fingerprint density at radius 1 is 1.77 bits per heavy atom. The molecule has 0 spiro atoms. The van der Waals surface area contributed by atoms with Crippen LogP contribution < -0.4 is 0 Å². The smallest absolute Gasteiger partial charge is 0.265 e. The first-order chi connectivity index (χ1) is 6.15. The zero-order valence-corrected chi connectivity index (χ0v) is 8.47. The fourth-order valence-corrected chi connectivity index (χ4v) is 1.81. The Morgan fingerprint density at radius 2 is 2.46 bits per heavy atom. The molecule has 0 unspecified atom stereocenters. The molecule has 6 heteroatoms. The molecule has 1 saturated heterocycles. The molecule has 13 heavy (non-hydrogen) atoms. The number of carbonyl (C=O) groups is 2. The number of nitrogens with zero attached hydrogens (tertiary/aromatic N) is 2. The van der Waals surface area contributed by atoms with Crippen molar-refractivity contribution in [3.8, 4) is 0 Å². The highest BCUT2D eigenvalue weighted by Gasteiger charge is 2.24. The van der Waals surface area contributed by atoms with E-state index in [1.807, 2.05) is 0 Å². The first kappa shape index (κ1) is 10.3. The minimum absolute atomic E-state index is 0.0165. The molecule has 0 aromatic heterocycles. The van der Waals surface area contributed by atoms with Gasteiger partial charge in [0.15, 0.2) is 0 Å². The topological polar surface area (TPSA) is 49.9 Å². The van der Waals surface area contributed by atoms with Gasteiger partial charge in [-0.05, 0) is 0 Å². The van der Waals surface area contributed by atoms with Crippen molar-refractivity contribution in [1.82, 2.24) is 9.96 Å². The zero-order chi connectivity index (χ0) is 9.84. The molecule has 5 nitrogen and oxygen atoms in total. The minimum Gasteiger partial charge on any atom is -0.323 e. The van der Waals surface area contributed by atoms with E-state index in [0.717, 1.165) is 5.06 Å². The summed E-state index contributed by atoms with van der Waals surface area (Å²) in [5.41, 5.74) is 0. The molecule has 0 aliphatic carbocycles. The molecule has 74 valence electrons. The fourth-order valence-electron chi connectivity index (χ4n) is 0.905. The zero-order valence-electron chi connectivity index (χ0n) is 7.65. The average Bonchev–Trinajstić information content (AvgIpc) is 2.50. The molecule has 0 radical (unpaired) electrons. The Kier molecular flexibility index (Phi) is 3.56. The van der Waals surface area contributed by atoms with Gasteiger partial charge in [-0.2, -0.15) is 0 Å². The van der Waals surface area contributed by atoms with Crippen molar-refractivity contribution >= 4 is 23.6 Å². The van der Waals surface area contributed by atoms with E-state index in [9.17, 15) is 9.59 Å². The maximum absolute atomic E-state index is 11.3. The van der Waals surface area contributed by atoms with Crippen LogP contribution in [-0.2, 0) is 14.4 Å². The third-order valence-electron chi connectivity index (χ3n) is 1.78. The lowest BCUT2D eigenvalue weighted by Crippen LogP contribution is -2.38. The van der Waals surface area contributed by atoms with Crippen LogP contribution in [0.1, 0.15) is 0 Å². The average molecular weight is 204 g/mol. The number of hydrogen-bond donors (Lipinski definition) is 0. The maximum Gasteiger partial charge on any atom is 0.265 e. The third kappa shape index (κ3) is 2.60. The molecule has 1 fully saturated rings. The van der Waals surface area contributed by atoms with Crippen LogP contribution >= 0.6 is 11.8 Å². The van der Waals surface area contributed by atoms with Crippen molar-refractivity contribution in [2.75, 3.05) is 32.3 Å². The lowest BCUT2D eigenvalue weighted by Gasteiger charge is -2.18. The molecule has 1 rings (SSSR count).